The molecule has 3 N–H and O–H groups in total. The lowest BCUT2D eigenvalue weighted by atomic mass is 9.98. The van der Waals surface area contributed by atoms with Crippen LogP contribution in [-0.4, -0.2) is 36.6 Å². The first kappa shape index (κ1) is 17.5. The quantitative estimate of drug-likeness (QED) is 0.817. The molecule has 3 rings (SSSR count). The third-order valence-electron chi connectivity index (χ3n) is 4.50. The van der Waals surface area contributed by atoms with Gasteiger partial charge in [-0.05, 0) is 18.9 Å². The van der Waals surface area contributed by atoms with Crippen molar-refractivity contribution >= 4 is 33.4 Å². The SMILES string of the molecule is CCC1CC(=O)NC1COc1c(C)sc2cc(C(N)=O)c(OC)nc12. The fraction of sp³-hybridized carbons (Fsp3) is 0.471. The second-order valence-corrected chi connectivity index (χ2v) is 7.36. The van der Waals surface area contributed by atoms with Gasteiger partial charge in [0.15, 0.2) is 5.75 Å². The Labute approximate surface area is 149 Å². The highest BCUT2D eigenvalue weighted by atomic mass is 32.1. The molecule has 1 fully saturated rings. The number of methoxy groups -OCH3 is 1. The summed E-state index contributed by atoms with van der Waals surface area (Å²) < 4.78 is 12.0. The van der Waals surface area contributed by atoms with Crippen LogP contribution in [0.4, 0.5) is 0 Å². The van der Waals surface area contributed by atoms with E-state index in [0.717, 1.165) is 16.0 Å². The number of carbonyl (C=O) groups is 2. The molecule has 25 heavy (non-hydrogen) atoms. The van der Waals surface area contributed by atoms with Gasteiger partial charge in [0.05, 0.1) is 17.9 Å². The first-order valence-corrected chi connectivity index (χ1v) is 8.96. The van der Waals surface area contributed by atoms with Gasteiger partial charge >= 0.3 is 0 Å². The van der Waals surface area contributed by atoms with Gasteiger partial charge in [-0.2, -0.15) is 0 Å². The van der Waals surface area contributed by atoms with Crippen LogP contribution in [-0.2, 0) is 4.79 Å². The minimum absolute atomic E-state index is 0.00126. The molecule has 1 aliphatic heterocycles. The van der Waals surface area contributed by atoms with Crippen LogP contribution in [0.25, 0.3) is 10.2 Å². The van der Waals surface area contributed by atoms with Crippen LogP contribution in [0.3, 0.4) is 0 Å². The molecule has 0 spiro atoms. The number of pyridine rings is 1. The second-order valence-electron chi connectivity index (χ2n) is 6.10. The van der Waals surface area contributed by atoms with Crippen molar-refractivity contribution < 1.29 is 19.1 Å². The number of rotatable bonds is 6. The van der Waals surface area contributed by atoms with Crippen molar-refractivity contribution in [1.29, 1.82) is 0 Å². The minimum atomic E-state index is -0.584. The number of aryl methyl sites for hydroxylation is 1. The minimum Gasteiger partial charge on any atom is -0.488 e. The monoisotopic (exact) mass is 363 g/mol. The molecule has 7 nitrogen and oxygen atoms in total. The third kappa shape index (κ3) is 3.26. The highest BCUT2D eigenvalue weighted by molar-refractivity contribution is 7.19. The van der Waals surface area contributed by atoms with Crippen LogP contribution in [0.5, 0.6) is 11.6 Å². The van der Waals surface area contributed by atoms with Crippen LogP contribution >= 0.6 is 11.3 Å². The zero-order valence-electron chi connectivity index (χ0n) is 14.4. The number of ether oxygens (including phenoxy) is 2. The molecule has 0 bridgehead atoms. The summed E-state index contributed by atoms with van der Waals surface area (Å²) in [4.78, 5) is 28.5. The topological polar surface area (TPSA) is 104 Å². The summed E-state index contributed by atoms with van der Waals surface area (Å²) in [5, 5.41) is 2.96. The molecule has 2 aromatic rings. The smallest absolute Gasteiger partial charge is 0.254 e. The van der Waals surface area contributed by atoms with E-state index < -0.39 is 5.91 Å². The Morgan fingerprint density at radius 1 is 1.52 bits per heavy atom. The summed E-state index contributed by atoms with van der Waals surface area (Å²) in [5.41, 5.74) is 6.27. The predicted molar refractivity (Wildman–Crippen MR) is 95.3 cm³/mol. The van der Waals surface area contributed by atoms with E-state index in [-0.39, 0.29) is 29.3 Å². The zero-order chi connectivity index (χ0) is 18.1. The molecule has 2 atom stereocenters. The Hall–Kier alpha value is -2.35. The van der Waals surface area contributed by atoms with Crippen LogP contribution in [0.2, 0.25) is 0 Å². The number of fused-ring (bicyclic) bond motifs is 1. The van der Waals surface area contributed by atoms with E-state index in [0.29, 0.717) is 24.3 Å². The van der Waals surface area contributed by atoms with Crippen molar-refractivity contribution in [2.24, 2.45) is 11.7 Å². The molecule has 2 aromatic heterocycles. The van der Waals surface area contributed by atoms with Gasteiger partial charge in [-0.15, -0.1) is 11.3 Å². The van der Waals surface area contributed by atoms with Gasteiger partial charge in [-0.25, -0.2) is 4.98 Å². The normalized spacial score (nSPS) is 19.9. The number of nitrogens with one attached hydrogen (secondary N) is 1. The van der Waals surface area contributed by atoms with Gasteiger partial charge in [0.1, 0.15) is 17.7 Å². The molecule has 2 unspecified atom stereocenters. The maximum absolute atomic E-state index is 11.6. The standard InChI is InChI=1S/C17H21N3O4S/c1-4-9-5-13(21)19-11(9)7-24-15-8(2)25-12-6-10(16(18)22)17(23-3)20-14(12)15/h6,9,11H,4-5,7H2,1-3H3,(H2,18,22)(H,19,21). The molecule has 0 aromatic carbocycles. The first-order chi connectivity index (χ1) is 11.9. The van der Waals surface area contributed by atoms with Crippen molar-refractivity contribution in [3.63, 3.8) is 0 Å². The molecular weight excluding hydrogens is 342 g/mol. The zero-order valence-corrected chi connectivity index (χ0v) is 15.2. The second kappa shape index (κ2) is 6.87. The molecule has 0 saturated carbocycles. The number of nitrogens with two attached hydrogens (primary N) is 1. The molecular formula is C17H21N3O4S. The number of hydrogen-bond acceptors (Lipinski definition) is 6. The number of aromatic nitrogens is 1. The van der Waals surface area contributed by atoms with Gasteiger partial charge < -0.3 is 20.5 Å². The number of nitrogens with zero attached hydrogens (tertiary/aromatic N) is 1. The van der Waals surface area contributed by atoms with E-state index in [2.05, 4.69) is 17.2 Å². The lowest BCUT2D eigenvalue weighted by Gasteiger charge is -2.18. The van der Waals surface area contributed by atoms with Crippen LogP contribution in [0, 0.1) is 12.8 Å². The summed E-state index contributed by atoms with van der Waals surface area (Å²) >= 11 is 1.48. The van der Waals surface area contributed by atoms with Gasteiger partial charge in [0, 0.05) is 11.3 Å². The Balaban J connectivity index is 1.90. The lowest BCUT2D eigenvalue weighted by molar-refractivity contribution is -0.119. The molecule has 1 saturated heterocycles. The molecule has 134 valence electrons. The Morgan fingerprint density at radius 3 is 2.92 bits per heavy atom. The fourth-order valence-electron chi connectivity index (χ4n) is 3.14. The van der Waals surface area contributed by atoms with Crippen molar-refractivity contribution in [2.75, 3.05) is 13.7 Å². The molecule has 2 amide bonds. The highest BCUT2D eigenvalue weighted by Crippen LogP contribution is 2.38. The van der Waals surface area contributed by atoms with E-state index in [9.17, 15) is 9.59 Å². The van der Waals surface area contributed by atoms with E-state index in [1.807, 2.05) is 6.92 Å². The molecule has 0 aliphatic carbocycles. The van der Waals surface area contributed by atoms with Crippen molar-refractivity contribution in [3.8, 4) is 11.6 Å². The number of primary amides is 1. The number of thiophene rings is 1. The molecule has 8 heteroatoms. The van der Waals surface area contributed by atoms with Gasteiger partial charge in [0.25, 0.3) is 5.91 Å². The average Bonchev–Trinajstić information content (AvgIpc) is 3.09. The van der Waals surface area contributed by atoms with Gasteiger partial charge in [-0.3, -0.25) is 9.59 Å². The number of carbonyl (C=O) groups excluding carboxylic acids is 2. The predicted octanol–water partition coefficient (Wildman–Crippen LogP) is 2.01. The average molecular weight is 363 g/mol. The maximum atomic E-state index is 11.6. The van der Waals surface area contributed by atoms with Crippen molar-refractivity contribution in [2.45, 2.75) is 32.7 Å². The molecule has 0 radical (unpaired) electrons. The summed E-state index contributed by atoms with van der Waals surface area (Å²) in [6.45, 7) is 4.39. The van der Waals surface area contributed by atoms with E-state index in [4.69, 9.17) is 15.2 Å². The summed E-state index contributed by atoms with van der Waals surface area (Å²) in [6, 6.07) is 1.68. The number of amides is 2. The van der Waals surface area contributed by atoms with Crippen molar-refractivity contribution in [1.82, 2.24) is 10.3 Å². The van der Waals surface area contributed by atoms with E-state index in [1.54, 1.807) is 6.07 Å². The van der Waals surface area contributed by atoms with Crippen molar-refractivity contribution in [3.05, 3.63) is 16.5 Å². The van der Waals surface area contributed by atoms with E-state index >= 15 is 0 Å². The maximum Gasteiger partial charge on any atom is 0.254 e. The fourth-order valence-corrected chi connectivity index (χ4v) is 4.13. The Bertz CT molecular complexity index is 833. The Kier molecular flexibility index (Phi) is 4.80. The summed E-state index contributed by atoms with van der Waals surface area (Å²) in [5.74, 6) is 0.604. The van der Waals surface area contributed by atoms with Crippen LogP contribution in [0.1, 0.15) is 35.0 Å². The van der Waals surface area contributed by atoms with Crippen LogP contribution < -0.4 is 20.5 Å². The van der Waals surface area contributed by atoms with Gasteiger partial charge in [0.2, 0.25) is 11.8 Å². The van der Waals surface area contributed by atoms with Gasteiger partial charge in [-0.1, -0.05) is 13.3 Å². The largest absolute Gasteiger partial charge is 0.488 e. The molecule has 1 aliphatic rings. The lowest BCUT2D eigenvalue weighted by Crippen LogP contribution is -2.34. The van der Waals surface area contributed by atoms with Crippen LogP contribution in [0.15, 0.2) is 6.07 Å². The summed E-state index contributed by atoms with van der Waals surface area (Å²) in [6.07, 6.45) is 1.46. The summed E-state index contributed by atoms with van der Waals surface area (Å²) in [7, 11) is 1.44. The highest BCUT2D eigenvalue weighted by Gasteiger charge is 2.32. The third-order valence-corrected chi connectivity index (χ3v) is 5.53. The Morgan fingerprint density at radius 2 is 2.28 bits per heavy atom. The number of hydrogen-bond donors (Lipinski definition) is 2. The van der Waals surface area contributed by atoms with E-state index in [1.165, 1.54) is 18.4 Å². The first-order valence-electron chi connectivity index (χ1n) is 8.14. The molecule has 3 heterocycles.